The topological polar surface area (TPSA) is 41.8 Å². The molecule has 0 aliphatic rings. The molecule has 0 spiro atoms. The van der Waals surface area contributed by atoms with Crippen molar-refractivity contribution in [2.75, 3.05) is 6.54 Å². The van der Waals surface area contributed by atoms with Crippen molar-refractivity contribution in [1.82, 2.24) is 4.98 Å². The third-order valence-corrected chi connectivity index (χ3v) is 3.65. The molecule has 0 bridgehead atoms. The summed E-state index contributed by atoms with van der Waals surface area (Å²) in [5.41, 5.74) is 10.7. The van der Waals surface area contributed by atoms with E-state index in [9.17, 15) is 0 Å². The molecule has 1 aromatic carbocycles. The minimum Gasteiger partial charge on any atom is -0.358 e. The standard InChI is InChI=1S/C12H15BrN2/c1-7-5-12-10(6-11(7)13)9(3-4-14)8(2)15-12/h5-6,15H,3-4,14H2,1-2H3. The van der Waals surface area contributed by atoms with Crippen LogP contribution in [0.2, 0.25) is 0 Å². The van der Waals surface area contributed by atoms with E-state index in [2.05, 4.69) is 46.9 Å². The van der Waals surface area contributed by atoms with Crippen molar-refractivity contribution in [3.05, 3.63) is 33.4 Å². The van der Waals surface area contributed by atoms with Gasteiger partial charge < -0.3 is 10.7 Å². The average molecular weight is 267 g/mol. The summed E-state index contributed by atoms with van der Waals surface area (Å²) < 4.78 is 1.16. The number of H-pyrrole nitrogens is 1. The van der Waals surface area contributed by atoms with E-state index in [-0.39, 0.29) is 0 Å². The first-order chi connectivity index (χ1) is 7.13. The maximum atomic E-state index is 5.62. The number of halogens is 1. The average Bonchev–Trinajstić information content (AvgIpc) is 2.46. The molecule has 0 radical (unpaired) electrons. The quantitative estimate of drug-likeness (QED) is 0.862. The Balaban J connectivity index is 2.70. The van der Waals surface area contributed by atoms with E-state index in [0.717, 1.165) is 10.9 Å². The van der Waals surface area contributed by atoms with Crippen molar-refractivity contribution in [2.24, 2.45) is 5.73 Å². The van der Waals surface area contributed by atoms with Crippen LogP contribution >= 0.6 is 15.9 Å². The zero-order valence-corrected chi connectivity index (χ0v) is 10.6. The van der Waals surface area contributed by atoms with Crippen LogP contribution in [0.3, 0.4) is 0 Å². The Bertz CT molecular complexity index is 500. The van der Waals surface area contributed by atoms with Crippen LogP contribution in [-0.4, -0.2) is 11.5 Å². The van der Waals surface area contributed by atoms with Crippen LogP contribution < -0.4 is 5.73 Å². The van der Waals surface area contributed by atoms with Crippen LogP contribution in [0.1, 0.15) is 16.8 Å². The van der Waals surface area contributed by atoms with Crippen LogP contribution in [0.15, 0.2) is 16.6 Å². The molecule has 3 N–H and O–H groups in total. The summed E-state index contributed by atoms with van der Waals surface area (Å²) in [4.78, 5) is 3.40. The Kier molecular flexibility index (Phi) is 2.85. The van der Waals surface area contributed by atoms with Gasteiger partial charge in [0, 0.05) is 21.1 Å². The predicted molar refractivity (Wildman–Crippen MR) is 68.2 cm³/mol. The van der Waals surface area contributed by atoms with Crippen molar-refractivity contribution in [2.45, 2.75) is 20.3 Å². The van der Waals surface area contributed by atoms with Crippen molar-refractivity contribution in [3.63, 3.8) is 0 Å². The molecule has 1 aromatic heterocycles. The van der Waals surface area contributed by atoms with Crippen LogP contribution in [0.5, 0.6) is 0 Å². The number of hydrogen-bond acceptors (Lipinski definition) is 1. The van der Waals surface area contributed by atoms with E-state index in [1.54, 1.807) is 0 Å². The number of hydrogen-bond donors (Lipinski definition) is 2. The van der Waals surface area contributed by atoms with Gasteiger partial charge in [0.1, 0.15) is 0 Å². The van der Waals surface area contributed by atoms with Gasteiger partial charge in [0.15, 0.2) is 0 Å². The van der Waals surface area contributed by atoms with Crippen LogP contribution in [-0.2, 0) is 6.42 Å². The molecule has 0 fully saturated rings. The number of aromatic amines is 1. The van der Waals surface area contributed by atoms with E-state index in [4.69, 9.17) is 5.73 Å². The van der Waals surface area contributed by atoms with Gasteiger partial charge in [0.05, 0.1) is 0 Å². The van der Waals surface area contributed by atoms with E-state index >= 15 is 0 Å². The summed E-state index contributed by atoms with van der Waals surface area (Å²) in [5, 5.41) is 1.29. The van der Waals surface area contributed by atoms with Gasteiger partial charge in [-0.25, -0.2) is 0 Å². The molecule has 0 saturated heterocycles. The highest BCUT2D eigenvalue weighted by Crippen LogP contribution is 2.28. The van der Waals surface area contributed by atoms with E-state index in [0.29, 0.717) is 6.54 Å². The summed E-state index contributed by atoms with van der Waals surface area (Å²) in [6.45, 7) is 4.90. The fourth-order valence-electron chi connectivity index (χ4n) is 1.98. The highest BCUT2D eigenvalue weighted by Gasteiger charge is 2.09. The van der Waals surface area contributed by atoms with E-state index < -0.39 is 0 Å². The van der Waals surface area contributed by atoms with Crippen molar-refractivity contribution >= 4 is 26.8 Å². The van der Waals surface area contributed by atoms with Gasteiger partial charge in [0.25, 0.3) is 0 Å². The number of aryl methyl sites for hydroxylation is 2. The Morgan fingerprint density at radius 3 is 2.73 bits per heavy atom. The molecule has 3 heteroatoms. The summed E-state index contributed by atoms with van der Waals surface area (Å²) in [6.07, 6.45) is 0.932. The molecule has 15 heavy (non-hydrogen) atoms. The molecule has 0 aliphatic heterocycles. The monoisotopic (exact) mass is 266 g/mol. The lowest BCUT2D eigenvalue weighted by atomic mass is 10.1. The van der Waals surface area contributed by atoms with Gasteiger partial charge in [-0.1, -0.05) is 15.9 Å². The summed E-state index contributed by atoms with van der Waals surface area (Å²) in [6, 6.07) is 4.35. The fourth-order valence-corrected chi connectivity index (χ4v) is 2.32. The van der Waals surface area contributed by atoms with Crippen LogP contribution in [0.4, 0.5) is 0 Å². The minimum absolute atomic E-state index is 0.694. The van der Waals surface area contributed by atoms with Gasteiger partial charge in [-0.05, 0) is 50.1 Å². The molecule has 0 aliphatic carbocycles. The first-order valence-corrected chi connectivity index (χ1v) is 5.90. The van der Waals surface area contributed by atoms with Crippen LogP contribution in [0, 0.1) is 13.8 Å². The molecule has 1 heterocycles. The first kappa shape index (κ1) is 10.7. The number of fused-ring (bicyclic) bond motifs is 1. The van der Waals surface area contributed by atoms with E-state index in [1.807, 2.05) is 0 Å². The Labute approximate surface area is 98.0 Å². The Morgan fingerprint density at radius 2 is 2.07 bits per heavy atom. The number of nitrogens with one attached hydrogen (secondary N) is 1. The van der Waals surface area contributed by atoms with Crippen molar-refractivity contribution < 1.29 is 0 Å². The van der Waals surface area contributed by atoms with Gasteiger partial charge in [-0.15, -0.1) is 0 Å². The fraction of sp³-hybridized carbons (Fsp3) is 0.333. The lowest BCUT2D eigenvalue weighted by Gasteiger charge is -2.01. The predicted octanol–water partition coefficient (Wildman–Crippen LogP) is 3.05. The maximum absolute atomic E-state index is 5.62. The molecule has 0 unspecified atom stereocenters. The second-order valence-electron chi connectivity index (χ2n) is 3.91. The third kappa shape index (κ3) is 1.82. The smallest absolute Gasteiger partial charge is 0.0462 e. The lowest BCUT2D eigenvalue weighted by molar-refractivity contribution is 0.963. The largest absolute Gasteiger partial charge is 0.358 e. The molecule has 2 nitrogen and oxygen atoms in total. The summed E-state index contributed by atoms with van der Waals surface area (Å²) >= 11 is 3.57. The zero-order valence-electron chi connectivity index (χ0n) is 9.02. The summed E-state index contributed by atoms with van der Waals surface area (Å²) in [5.74, 6) is 0. The molecule has 80 valence electrons. The molecule has 0 amide bonds. The number of nitrogens with two attached hydrogens (primary N) is 1. The number of aromatic nitrogens is 1. The first-order valence-electron chi connectivity index (χ1n) is 5.11. The second kappa shape index (κ2) is 3.99. The zero-order chi connectivity index (χ0) is 11.0. The molecule has 0 saturated carbocycles. The Hall–Kier alpha value is -0.800. The summed E-state index contributed by atoms with van der Waals surface area (Å²) in [7, 11) is 0. The SMILES string of the molecule is Cc1cc2[nH]c(C)c(CCN)c2cc1Br. The highest BCUT2D eigenvalue weighted by atomic mass is 79.9. The minimum atomic E-state index is 0.694. The maximum Gasteiger partial charge on any atom is 0.0462 e. The molecule has 2 aromatic rings. The molecule has 2 rings (SSSR count). The van der Waals surface area contributed by atoms with Gasteiger partial charge in [-0.3, -0.25) is 0 Å². The van der Waals surface area contributed by atoms with E-state index in [1.165, 1.54) is 27.7 Å². The normalized spacial score (nSPS) is 11.2. The van der Waals surface area contributed by atoms with Crippen molar-refractivity contribution in [1.29, 1.82) is 0 Å². The lowest BCUT2D eigenvalue weighted by Crippen LogP contribution is -2.03. The second-order valence-corrected chi connectivity index (χ2v) is 4.77. The molecular formula is C12H15BrN2. The number of rotatable bonds is 2. The Morgan fingerprint density at radius 1 is 1.33 bits per heavy atom. The van der Waals surface area contributed by atoms with Gasteiger partial charge in [0.2, 0.25) is 0 Å². The molecule has 0 atom stereocenters. The highest BCUT2D eigenvalue weighted by molar-refractivity contribution is 9.10. The van der Waals surface area contributed by atoms with Crippen LogP contribution in [0.25, 0.3) is 10.9 Å². The van der Waals surface area contributed by atoms with Gasteiger partial charge in [-0.2, -0.15) is 0 Å². The number of benzene rings is 1. The molecular weight excluding hydrogens is 252 g/mol. The van der Waals surface area contributed by atoms with Gasteiger partial charge >= 0.3 is 0 Å². The van der Waals surface area contributed by atoms with Crippen molar-refractivity contribution in [3.8, 4) is 0 Å². The third-order valence-electron chi connectivity index (χ3n) is 2.79.